The van der Waals surface area contributed by atoms with Crippen LogP contribution < -0.4 is 10.1 Å². The van der Waals surface area contributed by atoms with Crippen molar-refractivity contribution in [1.29, 1.82) is 0 Å². The smallest absolute Gasteiger partial charge is 0.306 e. The Balaban J connectivity index is 1.39. The maximum Gasteiger partial charge on any atom is 0.306 e. The van der Waals surface area contributed by atoms with Crippen LogP contribution in [0.1, 0.15) is 47.5 Å². The number of carbonyl (C=O) groups is 1. The van der Waals surface area contributed by atoms with Gasteiger partial charge in [0.15, 0.2) is 0 Å². The molecule has 0 radical (unpaired) electrons. The molecule has 0 bridgehead atoms. The number of hydrogen-bond donors (Lipinski definition) is 2. The van der Waals surface area contributed by atoms with Crippen molar-refractivity contribution < 1.29 is 18.8 Å². The Morgan fingerprint density at radius 1 is 1.28 bits per heavy atom. The highest BCUT2D eigenvalue weighted by Gasteiger charge is 2.28. The SMILES string of the molecule is COc1ccc(CNc2nc(CS(=O)N3CCC(C(=O)O)CC3)nc3sc4c(c23)CCCC4)cc1Cl. The second-order valence-electron chi connectivity index (χ2n) is 9.21. The highest BCUT2D eigenvalue weighted by atomic mass is 35.5. The standard InChI is InChI=1S/C25H29ClN4O4S2/c1-34-19-7-6-15(12-18(19)26)13-27-23-22-17-4-2-3-5-20(17)35-24(22)29-21(28-23)14-36(33)30-10-8-16(9-11-30)25(31)32/h6-7,12,16H,2-5,8-11,13-14H2,1H3,(H,31,32)(H,27,28,29). The minimum atomic E-state index is -1.31. The van der Waals surface area contributed by atoms with E-state index in [1.54, 1.807) is 18.4 Å². The summed E-state index contributed by atoms with van der Waals surface area (Å²) in [6.07, 6.45) is 5.44. The summed E-state index contributed by atoms with van der Waals surface area (Å²) in [5.41, 5.74) is 2.34. The largest absolute Gasteiger partial charge is 0.495 e. The Kier molecular flexibility index (Phi) is 7.76. The number of aliphatic carboxylic acids is 1. The molecule has 2 aliphatic rings. The molecule has 1 aliphatic carbocycles. The van der Waals surface area contributed by atoms with Crippen molar-refractivity contribution in [2.75, 3.05) is 25.5 Å². The monoisotopic (exact) mass is 548 g/mol. The number of piperidine rings is 1. The lowest BCUT2D eigenvalue weighted by molar-refractivity contribution is -0.142. The van der Waals surface area contributed by atoms with Gasteiger partial charge in [-0.2, -0.15) is 0 Å². The first-order valence-corrected chi connectivity index (χ1v) is 14.6. The van der Waals surface area contributed by atoms with Gasteiger partial charge in [-0.3, -0.25) is 4.79 Å². The molecule has 1 saturated heterocycles. The van der Waals surface area contributed by atoms with Crippen LogP contribution in [0.25, 0.3) is 10.2 Å². The number of thiophene rings is 1. The summed E-state index contributed by atoms with van der Waals surface area (Å²) in [5, 5.41) is 14.4. The van der Waals surface area contributed by atoms with Gasteiger partial charge in [0.25, 0.3) is 0 Å². The minimum Gasteiger partial charge on any atom is -0.495 e. The Labute approximate surface area is 221 Å². The minimum absolute atomic E-state index is 0.208. The van der Waals surface area contributed by atoms with Gasteiger partial charge in [-0.25, -0.2) is 18.5 Å². The first-order chi connectivity index (χ1) is 17.4. The number of benzene rings is 1. The van der Waals surface area contributed by atoms with Crippen molar-refractivity contribution in [3.05, 3.63) is 45.1 Å². The summed E-state index contributed by atoms with van der Waals surface area (Å²) in [4.78, 5) is 23.2. The van der Waals surface area contributed by atoms with E-state index in [1.165, 1.54) is 16.9 Å². The van der Waals surface area contributed by atoms with Crippen LogP contribution in [-0.4, -0.2) is 49.8 Å². The summed E-state index contributed by atoms with van der Waals surface area (Å²) in [7, 11) is 0.281. The lowest BCUT2D eigenvalue weighted by Crippen LogP contribution is -2.38. The fourth-order valence-electron chi connectivity index (χ4n) is 4.91. The molecule has 3 heterocycles. The third-order valence-electron chi connectivity index (χ3n) is 6.88. The van der Waals surface area contributed by atoms with E-state index in [2.05, 4.69) is 5.32 Å². The van der Waals surface area contributed by atoms with Gasteiger partial charge in [0, 0.05) is 24.5 Å². The second-order valence-corrected chi connectivity index (χ2v) is 12.1. The van der Waals surface area contributed by atoms with Crippen LogP contribution in [0.5, 0.6) is 5.75 Å². The van der Waals surface area contributed by atoms with E-state index in [9.17, 15) is 14.1 Å². The van der Waals surface area contributed by atoms with Crippen molar-refractivity contribution in [1.82, 2.24) is 14.3 Å². The van der Waals surface area contributed by atoms with Gasteiger partial charge in [-0.05, 0) is 61.8 Å². The molecule has 3 aromatic rings. The fourth-order valence-corrected chi connectivity index (χ4v) is 7.62. The molecule has 1 atom stereocenters. The number of aryl methyl sites for hydroxylation is 2. The Morgan fingerprint density at radius 3 is 2.78 bits per heavy atom. The van der Waals surface area contributed by atoms with Gasteiger partial charge < -0.3 is 15.2 Å². The summed E-state index contributed by atoms with van der Waals surface area (Å²) >= 11 is 8.04. The van der Waals surface area contributed by atoms with Crippen molar-refractivity contribution in [2.24, 2.45) is 5.92 Å². The number of carboxylic acid groups (broad SMARTS) is 1. The molecular formula is C25H29ClN4O4S2. The number of hydrogen-bond acceptors (Lipinski definition) is 7. The molecule has 192 valence electrons. The number of fused-ring (bicyclic) bond motifs is 3. The van der Waals surface area contributed by atoms with Crippen molar-refractivity contribution >= 4 is 55.9 Å². The predicted octanol–water partition coefficient (Wildman–Crippen LogP) is 4.80. The highest BCUT2D eigenvalue weighted by molar-refractivity contribution is 7.81. The maximum absolute atomic E-state index is 13.1. The van der Waals surface area contributed by atoms with Gasteiger partial charge >= 0.3 is 5.97 Å². The zero-order valence-corrected chi connectivity index (χ0v) is 22.5. The van der Waals surface area contributed by atoms with Gasteiger partial charge in [-0.15, -0.1) is 11.3 Å². The molecule has 8 nitrogen and oxygen atoms in total. The van der Waals surface area contributed by atoms with Crippen LogP contribution in [0.15, 0.2) is 18.2 Å². The second kappa shape index (κ2) is 11.0. The number of rotatable bonds is 8. The van der Waals surface area contributed by atoms with Gasteiger partial charge in [0.05, 0.1) is 29.2 Å². The first kappa shape index (κ1) is 25.4. The summed E-state index contributed by atoms with van der Waals surface area (Å²) < 4.78 is 20.2. The number of anilines is 1. The molecule has 11 heteroatoms. The van der Waals surface area contributed by atoms with Crippen LogP contribution >= 0.6 is 22.9 Å². The number of aromatic nitrogens is 2. The number of methoxy groups -OCH3 is 1. The molecule has 0 spiro atoms. The lowest BCUT2D eigenvalue weighted by atomic mass is 9.97. The summed E-state index contributed by atoms with van der Waals surface area (Å²) in [6, 6.07) is 5.70. The van der Waals surface area contributed by atoms with E-state index in [0.29, 0.717) is 49.1 Å². The predicted molar refractivity (Wildman–Crippen MR) is 143 cm³/mol. The van der Waals surface area contributed by atoms with E-state index in [4.69, 9.17) is 26.3 Å². The van der Waals surface area contributed by atoms with Crippen LogP contribution in [0.4, 0.5) is 5.82 Å². The highest BCUT2D eigenvalue weighted by Crippen LogP contribution is 2.39. The van der Waals surface area contributed by atoms with Crippen LogP contribution in [-0.2, 0) is 40.9 Å². The molecule has 2 aromatic heterocycles. The van der Waals surface area contributed by atoms with Gasteiger partial charge in [0.2, 0.25) is 0 Å². The molecule has 2 N–H and O–H groups in total. The Hall–Kier alpha value is -2.27. The topological polar surface area (TPSA) is 105 Å². The van der Waals surface area contributed by atoms with Crippen molar-refractivity contribution in [3.8, 4) is 5.75 Å². The van der Waals surface area contributed by atoms with Gasteiger partial charge in [-0.1, -0.05) is 17.7 Å². The number of nitrogens with one attached hydrogen (secondary N) is 1. The zero-order valence-electron chi connectivity index (χ0n) is 20.1. The van der Waals surface area contributed by atoms with Crippen LogP contribution in [0, 0.1) is 5.92 Å². The van der Waals surface area contributed by atoms with E-state index in [1.807, 2.05) is 22.5 Å². The number of carboxylic acids is 1. The van der Waals surface area contributed by atoms with Crippen LogP contribution in [0.3, 0.4) is 0 Å². The first-order valence-electron chi connectivity index (χ1n) is 12.2. The Morgan fingerprint density at radius 2 is 2.06 bits per heavy atom. The average Bonchev–Trinajstić information content (AvgIpc) is 3.26. The number of nitrogens with zero attached hydrogens (tertiary/aromatic N) is 3. The molecule has 0 amide bonds. The molecule has 1 unspecified atom stereocenters. The molecule has 1 fully saturated rings. The van der Waals surface area contributed by atoms with Gasteiger partial charge in [0.1, 0.15) is 33.2 Å². The molecular weight excluding hydrogens is 520 g/mol. The number of halogens is 1. The van der Waals surface area contributed by atoms with Crippen LogP contribution in [0.2, 0.25) is 5.02 Å². The molecule has 5 rings (SSSR count). The lowest BCUT2D eigenvalue weighted by Gasteiger charge is -2.28. The van der Waals surface area contributed by atoms with E-state index >= 15 is 0 Å². The normalized spacial score (nSPS) is 17.6. The fraction of sp³-hybridized carbons (Fsp3) is 0.480. The quantitative estimate of drug-likeness (QED) is 0.416. The third kappa shape index (κ3) is 5.37. The Bertz CT molecular complexity index is 1310. The van der Waals surface area contributed by atoms with Crippen molar-refractivity contribution in [2.45, 2.75) is 50.8 Å². The molecule has 1 aliphatic heterocycles. The molecule has 36 heavy (non-hydrogen) atoms. The van der Waals surface area contributed by atoms with E-state index in [-0.39, 0.29) is 11.7 Å². The molecule has 0 saturated carbocycles. The number of ether oxygens (including phenoxy) is 1. The van der Waals surface area contributed by atoms with Crippen molar-refractivity contribution in [3.63, 3.8) is 0 Å². The maximum atomic E-state index is 13.1. The van der Waals surface area contributed by atoms with E-state index < -0.39 is 17.0 Å². The summed E-state index contributed by atoms with van der Waals surface area (Å²) in [5.74, 6) is 1.02. The third-order valence-corrected chi connectivity index (χ3v) is 9.81. The molecule has 1 aromatic carbocycles. The van der Waals surface area contributed by atoms with E-state index in [0.717, 1.165) is 40.9 Å². The summed E-state index contributed by atoms with van der Waals surface area (Å²) in [6.45, 7) is 1.54. The zero-order chi connectivity index (χ0) is 25.2. The average molecular weight is 549 g/mol.